The van der Waals surface area contributed by atoms with Crippen LogP contribution in [0.4, 0.5) is 5.69 Å². The average molecular weight is 587 g/mol. The summed E-state index contributed by atoms with van der Waals surface area (Å²) in [6.45, 7) is 8.26. The van der Waals surface area contributed by atoms with Crippen molar-refractivity contribution in [3.63, 3.8) is 0 Å². The minimum absolute atomic E-state index is 0.0576. The van der Waals surface area contributed by atoms with Gasteiger partial charge in [0.05, 0.1) is 6.61 Å². The maximum Gasteiger partial charge on any atom is 0.348 e. The molecule has 1 saturated heterocycles. The van der Waals surface area contributed by atoms with Gasteiger partial charge in [-0.15, -0.1) is 0 Å². The number of morpholine rings is 1. The molecular weight excluding hydrogens is 552 g/mol. The van der Waals surface area contributed by atoms with Crippen molar-refractivity contribution in [3.05, 3.63) is 90.0 Å². The van der Waals surface area contributed by atoms with Gasteiger partial charge >= 0.3 is 11.9 Å². The molecule has 0 unspecified atom stereocenters. The number of benzene rings is 3. The van der Waals surface area contributed by atoms with Gasteiger partial charge in [0.25, 0.3) is 5.91 Å². The Hall–Kier alpha value is -4.28. The topological polar surface area (TPSA) is 113 Å². The van der Waals surface area contributed by atoms with Crippen LogP contribution in [0.3, 0.4) is 0 Å². The number of hydrogen-bond acceptors (Lipinski definition) is 6. The highest BCUT2D eigenvalue weighted by atomic mass is 28.3. The van der Waals surface area contributed by atoms with Gasteiger partial charge in [0.15, 0.2) is 6.10 Å². The van der Waals surface area contributed by atoms with Crippen molar-refractivity contribution < 1.29 is 33.8 Å². The predicted octanol–water partition coefficient (Wildman–Crippen LogP) is 2.95. The van der Waals surface area contributed by atoms with E-state index in [1.54, 1.807) is 12.1 Å². The van der Waals surface area contributed by atoms with Gasteiger partial charge in [0, 0.05) is 31.3 Å². The molecule has 2 aliphatic rings. The summed E-state index contributed by atoms with van der Waals surface area (Å²) >= 11 is 0. The molecule has 2 heterocycles. The molecule has 42 heavy (non-hydrogen) atoms. The first-order chi connectivity index (χ1) is 20.0. The van der Waals surface area contributed by atoms with Crippen LogP contribution in [-0.2, 0) is 30.4 Å². The number of esters is 1. The fourth-order valence-corrected chi connectivity index (χ4v) is 12.0. The molecule has 3 aromatic rings. The summed E-state index contributed by atoms with van der Waals surface area (Å²) in [7, 11) is -2.93. The first kappa shape index (κ1) is 29.2. The zero-order chi connectivity index (χ0) is 30.2. The zero-order valence-electron chi connectivity index (χ0n) is 24.1. The molecule has 0 aromatic heterocycles. The van der Waals surface area contributed by atoms with Crippen LogP contribution in [0, 0.1) is 0 Å². The van der Waals surface area contributed by atoms with Gasteiger partial charge in [-0.3, -0.25) is 14.4 Å². The summed E-state index contributed by atoms with van der Waals surface area (Å²) in [5.74, 6) is -2.97. The molecular formula is C32H34N2O7Si. The van der Waals surface area contributed by atoms with Gasteiger partial charge in [-0.25, -0.2) is 4.79 Å². The lowest BCUT2D eigenvalue weighted by Gasteiger charge is -2.49. The Kier molecular flexibility index (Phi) is 7.78. The van der Waals surface area contributed by atoms with Crippen molar-refractivity contribution in [3.8, 4) is 0 Å². The maximum absolute atomic E-state index is 14.3. The number of carboxylic acid groups (broad SMARTS) is 1. The Labute approximate surface area is 245 Å². The van der Waals surface area contributed by atoms with E-state index in [4.69, 9.17) is 9.47 Å². The number of carbonyl (C=O) groups is 4. The van der Waals surface area contributed by atoms with E-state index < -0.39 is 38.3 Å². The molecule has 2 atom stereocenters. The number of fused-ring (bicyclic) bond motifs is 1. The fraction of sp³-hybridized carbons (Fsp3) is 0.312. The number of carbonyl (C=O) groups excluding carboxylic acids is 3. The molecule has 2 aliphatic heterocycles. The van der Waals surface area contributed by atoms with Crippen molar-refractivity contribution >= 4 is 48.0 Å². The molecule has 218 valence electrons. The number of hydrogen-bond donors (Lipinski definition) is 1. The van der Waals surface area contributed by atoms with E-state index in [-0.39, 0.29) is 24.1 Å². The molecule has 0 aliphatic carbocycles. The van der Waals surface area contributed by atoms with E-state index in [2.05, 4.69) is 49.6 Å². The Bertz CT molecular complexity index is 1480. The largest absolute Gasteiger partial charge is 0.478 e. The molecule has 0 bridgehead atoms. The lowest BCUT2D eigenvalue weighted by molar-refractivity contribution is -0.177. The van der Waals surface area contributed by atoms with E-state index in [0.717, 1.165) is 22.9 Å². The minimum Gasteiger partial charge on any atom is -0.478 e. The van der Waals surface area contributed by atoms with Crippen LogP contribution >= 0.6 is 0 Å². The highest BCUT2D eigenvalue weighted by Gasteiger charge is 2.56. The van der Waals surface area contributed by atoms with Gasteiger partial charge in [-0.1, -0.05) is 81.4 Å². The average Bonchev–Trinajstić information content (AvgIpc) is 3.28. The SMILES string of the molecule is CC(=O)O[C@@H](C(=O)O)[C@H]1OCCN(c2ccc3c(c2)CN([Si](c2ccccc2)(c2ccccc2)C(C)(C)C)C3=O)C1=O. The Morgan fingerprint density at radius 1 is 0.976 bits per heavy atom. The molecule has 9 nitrogen and oxygen atoms in total. The van der Waals surface area contributed by atoms with Gasteiger partial charge in [0.1, 0.15) is 0 Å². The normalized spacial score (nSPS) is 18.0. The number of carboxylic acids is 1. The Balaban J connectivity index is 1.55. The van der Waals surface area contributed by atoms with Crippen LogP contribution in [0.1, 0.15) is 43.6 Å². The van der Waals surface area contributed by atoms with Crippen LogP contribution in [0.15, 0.2) is 78.9 Å². The molecule has 3 aromatic carbocycles. The summed E-state index contributed by atoms with van der Waals surface area (Å²) in [5, 5.41) is 11.6. The second-order valence-corrected chi connectivity index (χ2v) is 16.2. The van der Waals surface area contributed by atoms with Crippen molar-refractivity contribution in [1.29, 1.82) is 0 Å². The van der Waals surface area contributed by atoms with Crippen molar-refractivity contribution in [1.82, 2.24) is 4.57 Å². The molecule has 0 radical (unpaired) electrons. The van der Waals surface area contributed by atoms with Gasteiger partial charge < -0.3 is 24.0 Å². The molecule has 1 N–H and O–H groups in total. The standard InChI is InChI=1S/C32H34N2O7Si/c1-21(35)41-28(31(38)39)27-30(37)33(17-18-40-27)23-15-16-26-22(19-23)20-34(29(26)36)42(32(2,3)4,24-11-7-5-8-12-24)25-13-9-6-10-14-25/h5-16,19,27-28H,17-18,20H2,1-4H3,(H,38,39)/t27-,28-/m1/s1. The molecule has 2 amide bonds. The number of ether oxygens (including phenoxy) is 2. The third kappa shape index (κ3) is 4.90. The highest BCUT2D eigenvalue weighted by Crippen LogP contribution is 2.42. The number of amides is 2. The number of rotatable bonds is 7. The highest BCUT2D eigenvalue weighted by molar-refractivity contribution is 7.03. The molecule has 5 rings (SSSR count). The maximum atomic E-state index is 14.3. The summed E-state index contributed by atoms with van der Waals surface area (Å²) in [4.78, 5) is 52.4. The fourth-order valence-electron chi connectivity index (χ4n) is 6.35. The van der Waals surface area contributed by atoms with E-state index in [9.17, 15) is 24.3 Å². The summed E-state index contributed by atoms with van der Waals surface area (Å²) in [6.07, 6.45) is -3.25. The number of aliphatic carboxylic acids is 1. The smallest absolute Gasteiger partial charge is 0.348 e. The molecule has 1 fully saturated rings. The van der Waals surface area contributed by atoms with Crippen molar-refractivity contribution in [2.75, 3.05) is 18.1 Å². The van der Waals surface area contributed by atoms with Gasteiger partial charge in [-0.05, 0) is 39.2 Å². The zero-order valence-corrected chi connectivity index (χ0v) is 25.1. The number of anilines is 1. The van der Waals surface area contributed by atoms with Crippen LogP contribution in [-0.4, -0.2) is 67.0 Å². The first-order valence-electron chi connectivity index (χ1n) is 13.9. The van der Waals surface area contributed by atoms with E-state index in [0.29, 0.717) is 17.8 Å². The molecule has 0 saturated carbocycles. The number of nitrogens with zero attached hydrogens (tertiary/aromatic N) is 2. The van der Waals surface area contributed by atoms with E-state index in [1.807, 2.05) is 42.5 Å². The van der Waals surface area contributed by atoms with Crippen LogP contribution < -0.4 is 15.3 Å². The summed E-state index contributed by atoms with van der Waals surface area (Å²) in [5.41, 5.74) is 1.89. The predicted molar refractivity (Wildman–Crippen MR) is 159 cm³/mol. The van der Waals surface area contributed by atoms with Crippen LogP contribution in [0.5, 0.6) is 0 Å². The third-order valence-corrected chi connectivity index (χ3v) is 13.7. The van der Waals surface area contributed by atoms with Crippen molar-refractivity contribution in [2.24, 2.45) is 0 Å². The monoisotopic (exact) mass is 586 g/mol. The van der Waals surface area contributed by atoms with Crippen LogP contribution in [0.2, 0.25) is 5.04 Å². The molecule has 10 heteroatoms. The second-order valence-electron chi connectivity index (χ2n) is 11.6. The third-order valence-electron chi connectivity index (χ3n) is 8.01. The first-order valence-corrected chi connectivity index (χ1v) is 15.8. The minimum atomic E-state index is -2.93. The second kappa shape index (κ2) is 11.2. The quantitative estimate of drug-likeness (QED) is 0.335. The van der Waals surface area contributed by atoms with Crippen LogP contribution in [0.25, 0.3) is 0 Å². The van der Waals surface area contributed by atoms with Gasteiger partial charge in [-0.2, -0.15) is 0 Å². The Morgan fingerprint density at radius 3 is 2.10 bits per heavy atom. The van der Waals surface area contributed by atoms with Crippen molar-refractivity contribution in [2.45, 2.75) is 51.5 Å². The lowest BCUT2D eigenvalue weighted by Crippen LogP contribution is -2.74. The van der Waals surface area contributed by atoms with E-state index in [1.165, 1.54) is 4.90 Å². The lowest BCUT2D eigenvalue weighted by atomic mass is 10.1. The Morgan fingerprint density at radius 2 is 1.57 bits per heavy atom. The van der Waals surface area contributed by atoms with E-state index >= 15 is 0 Å². The van der Waals surface area contributed by atoms with Gasteiger partial charge in [0.2, 0.25) is 20.2 Å². The molecule has 0 spiro atoms. The summed E-state index contributed by atoms with van der Waals surface area (Å²) in [6, 6.07) is 25.7. The summed E-state index contributed by atoms with van der Waals surface area (Å²) < 4.78 is 12.4.